The van der Waals surface area contributed by atoms with Crippen LogP contribution in [0.15, 0.2) is 30.5 Å². The molecular formula is C30H41ClN4O. The van der Waals surface area contributed by atoms with Crippen molar-refractivity contribution < 1.29 is 4.74 Å². The van der Waals surface area contributed by atoms with Crippen LogP contribution in [-0.2, 0) is 6.42 Å². The zero-order valence-electron chi connectivity index (χ0n) is 22.3. The zero-order valence-corrected chi connectivity index (χ0v) is 23.1. The predicted molar refractivity (Wildman–Crippen MR) is 150 cm³/mol. The number of aryl methyl sites for hydroxylation is 1. The molecule has 2 saturated heterocycles. The fourth-order valence-electron chi connectivity index (χ4n) is 6.47. The van der Waals surface area contributed by atoms with Crippen molar-refractivity contribution in [3.05, 3.63) is 46.7 Å². The molecule has 5 rings (SSSR count). The Kier molecular flexibility index (Phi) is 7.90. The van der Waals surface area contributed by atoms with Gasteiger partial charge in [0.15, 0.2) is 0 Å². The van der Waals surface area contributed by atoms with E-state index < -0.39 is 0 Å². The van der Waals surface area contributed by atoms with Gasteiger partial charge in [0.25, 0.3) is 0 Å². The largest absolute Gasteiger partial charge is 0.494 e. The maximum absolute atomic E-state index is 6.25. The molecule has 2 fully saturated rings. The van der Waals surface area contributed by atoms with E-state index in [1.807, 2.05) is 6.07 Å². The van der Waals surface area contributed by atoms with E-state index in [2.05, 4.69) is 58.7 Å². The summed E-state index contributed by atoms with van der Waals surface area (Å²) in [6.45, 7) is 13.1. The lowest BCUT2D eigenvalue weighted by atomic mass is 9.87. The third-order valence-corrected chi connectivity index (χ3v) is 8.51. The number of nitrogens with zero attached hydrogens (tertiary/aromatic N) is 3. The van der Waals surface area contributed by atoms with E-state index in [0.717, 1.165) is 35.4 Å². The molecule has 6 heteroatoms. The van der Waals surface area contributed by atoms with Gasteiger partial charge in [0.05, 0.1) is 19.0 Å². The molecule has 0 radical (unpaired) electrons. The van der Waals surface area contributed by atoms with Crippen molar-refractivity contribution in [2.45, 2.75) is 64.8 Å². The maximum Gasteiger partial charge on any atom is 0.146 e. The number of halogens is 1. The van der Waals surface area contributed by atoms with E-state index in [-0.39, 0.29) is 0 Å². The lowest BCUT2D eigenvalue weighted by molar-refractivity contribution is 0.0828. The minimum atomic E-state index is 0.476. The van der Waals surface area contributed by atoms with Crippen LogP contribution in [0.3, 0.4) is 0 Å². The number of piperidine rings is 2. The van der Waals surface area contributed by atoms with Crippen molar-refractivity contribution in [3.8, 4) is 17.0 Å². The van der Waals surface area contributed by atoms with Crippen LogP contribution in [0.2, 0.25) is 5.15 Å². The minimum absolute atomic E-state index is 0.476. The number of pyridine rings is 1. The molecule has 0 spiro atoms. The maximum atomic E-state index is 6.25. The van der Waals surface area contributed by atoms with Gasteiger partial charge in [-0.25, -0.2) is 4.98 Å². The average molecular weight is 509 g/mol. The predicted octanol–water partition coefficient (Wildman–Crippen LogP) is 6.75. The van der Waals surface area contributed by atoms with Gasteiger partial charge in [-0.05, 0) is 99.4 Å². The normalized spacial score (nSPS) is 18.9. The van der Waals surface area contributed by atoms with E-state index in [1.54, 1.807) is 13.3 Å². The average Bonchev–Trinajstić information content (AvgIpc) is 3.26. The number of benzene rings is 1. The highest BCUT2D eigenvalue weighted by Gasteiger charge is 2.29. The third kappa shape index (κ3) is 5.29. The number of rotatable bonds is 7. The number of H-pyrrole nitrogens is 1. The van der Waals surface area contributed by atoms with Gasteiger partial charge < -0.3 is 19.5 Å². The van der Waals surface area contributed by atoms with Crippen LogP contribution >= 0.6 is 11.6 Å². The monoisotopic (exact) mass is 508 g/mol. The van der Waals surface area contributed by atoms with Gasteiger partial charge in [-0.3, -0.25) is 0 Å². The highest BCUT2D eigenvalue weighted by Crippen LogP contribution is 2.39. The van der Waals surface area contributed by atoms with E-state index >= 15 is 0 Å². The summed E-state index contributed by atoms with van der Waals surface area (Å²) in [5, 5.41) is 1.80. The summed E-state index contributed by atoms with van der Waals surface area (Å²) in [6.07, 6.45) is 7.82. The first-order valence-electron chi connectivity index (χ1n) is 13.8. The fraction of sp³-hybridized carbons (Fsp3) is 0.567. The van der Waals surface area contributed by atoms with Gasteiger partial charge in [0, 0.05) is 29.1 Å². The van der Waals surface area contributed by atoms with E-state index in [4.69, 9.17) is 16.3 Å². The molecule has 0 aliphatic carbocycles. The van der Waals surface area contributed by atoms with Crippen molar-refractivity contribution in [2.24, 2.45) is 5.92 Å². The van der Waals surface area contributed by atoms with Gasteiger partial charge in [0.1, 0.15) is 10.9 Å². The number of nitrogens with one attached hydrogen (secondary N) is 1. The molecule has 2 aliphatic rings. The highest BCUT2D eigenvalue weighted by molar-refractivity contribution is 6.29. The summed E-state index contributed by atoms with van der Waals surface area (Å²) in [5.41, 5.74) is 6.03. The molecule has 4 heterocycles. The first-order valence-corrected chi connectivity index (χ1v) is 14.1. The Morgan fingerprint density at radius 1 is 1.08 bits per heavy atom. The molecule has 0 saturated carbocycles. The molecule has 3 aromatic rings. The molecular weight excluding hydrogens is 468 g/mol. The molecule has 2 aromatic heterocycles. The number of hydrogen-bond donors (Lipinski definition) is 1. The molecule has 36 heavy (non-hydrogen) atoms. The molecule has 5 nitrogen and oxygen atoms in total. The fourth-order valence-corrected chi connectivity index (χ4v) is 6.63. The molecule has 1 N–H and O–H groups in total. The Morgan fingerprint density at radius 2 is 1.83 bits per heavy atom. The summed E-state index contributed by atoms with van der Waals surface area (Å²) in [5.74, 6) is 2.14. The Morgan fingerprint density at radius 3 is 2.50 bits per heavy atom. The minimum Gasteiger partial charge on any atom is -0.494 e. The molecule has 0 bridgehead atoms. The third-order valence-electron chi connectivity index (χ3n) is 8.30. The van der Waals surface area contributed by atoms with Crippen molar-refractivity contribution in [1.29, 1.82) is 0 Å². The van der Waals surface area contributed by atoms with Crippen LogP contribution in [-0.4, -0.2) is 65.6 Å². The SMILES string of the molecule is CCc1c(-c2cc(Cl)ncc2OC)[nH]c2ccc(C3CCN(C4CCN(CC(C)C)CC4)CC3)cc12. The summed E-state index contributed by atoms with van der Waals surface area (Å²) < 4.78 is 5.60. The van der Waals surface area contributed by atoms with E-state index in [9.17, 15) is 0 Å². The number of likely N-dealkylation sites (tertiary alicyclic amines) is 2. The first-order chi connectivity index (χ1) is 17.5. The number of methoxy groups -OCH3 is 1. The number of hydrogen-bond acceptors (Lipinski definition) is 4. The molecule has 0 atom stereocenters. The van der Waals surface area contributed by atoms with Crippen LogP contribution in [0.5, 0.6) is 5.75 Å². The molecule has 1 aromatic carbocycles. The molecule has 0 amide bonds. The lowest BCUT2D eigenvalue weighted by Crippen LogP contribution is -2.48. The highest BCUT2D eigenvalue weighted by atomic mass is 35.5. The number of fused-ring (bicyclic) bond motifs is 1. The summed E-state index contributed by atoms with van der Waals surface area (Å²) in [7, 11) is 1.68. The van der Waals surface area contributed by atoms with Crippen LogP contribution in [0.4, 0.5) is 0 Å². The Hall–Kier alpha value is -2.08. The Labute approximate surface area is 221 Å². The van der Waals surface area contributed by atoms with Gasteiger partial charge in [-0.15, -0.1) is 0 Å². The zero-order chi connectivity index (χ0) is 25.2. The van der Waals surface area contributed by atoms with Crippen molar-refractivity contribution in [3.63, 3.8) is 0 Å². The van der Waals surface area contributed by atoms with Crippen LogP contribution < -0.4 is 4.74 Å². The summed E-state index contributed by atoms with van der Waals surface area (Å²) >= 11 is 6.25. The second kappa shape index (κ2) is 11.1. The Balaban J connectivity index is 1.30. The van der Waals surface area contributed by atoms with Gasteiger partial charge in [0.2, 0.25) is 0 Å². The molecule has 0 unspecified atom stereocenters. The Bertz CT molecular complexity index is 1170. The number of aromatic nitrogens is 2. The number of aromatic amines is 1. The van der Waals surface area contributed by atoms with Crippen LogP contribution in [0.25, 0.3) is 22.2 Å². The quantitative estimate of drug-likeness (QED) is 0.358. The first kappa shape index (κ1) is 25.6. The van der Waals surface area contributed by atoms with Gasteiger partial charge in [-0.1, -0.05) is 38.4 Å². The lowest BCUT2D eigenvalue weighted by Gasteiger charge is -2.42. The van der Waals surface area contributed by atoms with E-state index in [0.29, 0.717) is 11.1 Å². The van der Waals surface area contributed by atoms with Crippen molar-refractivity contribution in [1.82, 2.24) is 19.8 Å². The van der Waals surface area contributed by atoms with Crippen molar-refractivity contribution in [2.75, 3.05) is 39.8 Å². The topological polar surface area (TPSA) is 44.4 Å². The number of ether oxygens (including phenoxy) is 1. The van der Waals surface area contributed by atoms with Crippen molar-refractivity contribution >= 4 is 22.5 Å². The summed E-state index contributed by atoms with van der Waals surface area (Å²) in [4.78, 5) is 13.3. The smallest absolute Gasteiger partial charge is 0.146 e. The second-order valence-corrected chi connectivity index (χ2v) is 11.5. The second-order valence-electron chi connectivity index (χ2n) is 11.1. The molecule has 194 valence electrons. The van der Waals surface area contributed by atoms with Crippen LogP contribution in [0, 0.1) is 5.92 Å². The van der Waals surface area contributed by atoms with E-state index in [1.165, 1.54) is 80.4 Å². The molecule has 2 aliphatic heterocycles. The standard InChI is InChI=1S/C30H41ClN4O/c1-5-24-25-16-22(6-7-27(25)33-30(24)26-17-29(31)32-18-28(26)36-4)21-8-14-35(15-9-21)23-10-12-34(13-11-23)19-20(2)3/h6-7,16-18,20-21,23,33H,5,8-15,19H2,1-4H3. The van der Waals surface area contributed by atoms with Gasteiger partial charge >= 0.3 is 0 Å². The van der Waals surface area contributed by atoms with Gasteiger partial charge in [-0.2, -0.15) is 0 Å². The van der Waals surface area contributed by atoms with Crippen LogP contribution in [0.1, 0.15) is 63.5 Å². The summed E-state index contributed by atoms with van der Waals surface area (Å²) in [6, 6.07) is 9.71.